The molecule has 1 aliphatic heterocycles. The van der Waals surface area contributed by atoms with Crippen molar-refractivity contribution in [1.82, 2.24) is 9.29 Å². The molecular weight excluding hydrogens is 320 g/mol. The number of hydrogen-bond acceptors (Lipinski definition) is 3. The SMILES string of the molecule is O=S(=O)(Cc1ccc(Cl)cc1)N1CCCC1c1ccccn1. The highest BCUT2D eigenvalue weighted by atomic mass is 35.5. The van der Waals surface area contributed by atoms with E-state index in [9.17, 15) is 8.42 Å². The molecule has 116 valence electrons. The summed E-state index contributed by atoms with van der Waals surface area (Å²) >= 11 is 5.85. The molecule has 4 nitrogen and oxygen atoms in total. The lowest BCUT2D eigenvalue weighted by atomic mass is 10.1. The molecule has 0 bridgehead atoms. The van der Waals surface area contributed by atoms with Gasteiger partial charge in [0.1, 0.15) is 0 Å². The van der Waals surface area contributed by atoms with Crippen LogP contribution in [0.2, 0.25) is 5.02 Å². The minimum absolute atomic E-state index is 0.00645. The zero-order chi connectivity index (χ0) is 15.6. The van der Waals surface area contributed by atoms with Gasteiger partial charge in [0.15, 0.2) is 0 Å². The van der Waals surface area contributed by atoms with Gasteiger partial charge in [-0.1, -0.05) is 29.8 Å². The molecule has 0 saturated carbocycles. The van der Waals surface area contributed by atoms with E-state index in [-0.39, 0.29) is 11.8 Å². The lowest BCUT2D eigenvalue weighted by molar-refractivity contribution is 0.390. The number of benzene rings is 1. The molecule has 2 heterocycles. The van der Waals surface area contributed by atoms with E-state index in [2.05, 4.69) is 4.98 Å². The van der Waals surface area contributed by atoms with Crippen molar-refractivity contribution in [3.63, 3.8) is 0 Å². The van der Waals surface area contributed by atoms with Gasteiger partial charge in [-0.2, -0.15) is 4.31 Å². The molecule has 0 N–H and O–H groups in total. The minimum Gasteiger partial charge on any atom is -0.260 e. The van der Waals surface area contributed by atoms with Crippen LogP contribution in [0.15, 0.2) is 48.7 Å². The molecule has 0 spiro atoms. The Bertz CT molecular complexity index is 733. The zero-order valence-corrected chi connectivity index (χ0v) is 13.6. The van der Waals surface area contributed by atoms with E-state index < -0.39 is 10.0 Å². The van der Waals surface area contributed by atoms with Crippen LogP contribution in [0.1, 0.15) is 30.1 Å². The Kier molecular flexibility index (Phi) is 4.47. The molecule has 1 unspecified atom stereocenters. The quantitative estimate of drug-likeness (QED) is 0.859. The maximum atomic E-state index is 12.7. The summed E-state index contributed by atoms with van der Waals surface area (Å²) in [6.45, 7) is 0.553. The fraction of sp³-hybridized carbons (Fsp3) is 0.312. The molecule has 22 heavy (non-hydrogen) atoms. The molecule has 1 fully saturated rings. The fourth-order valence-electron chi connectivity index (χ4n) is 2.82. The number of halogens is 1. The molecule has 1 aromatic carbocycles. The first kappa shape index (κ1) is 15.5. The maximum absolute atomic E-state index is 12.7. The summed E-state index contributed by atoms with van der Waals surface area (Å²) in [6.07, 6.45) is 3.38. The van der Waals surface area contributed by atoms with Crippen molar-refractivity contribution in [2.45, 2.75) is 24.6 Å². The van der Waals surface area contributed by atoms with E-state index in [0.29, 0.717) is 11.6 Å². The van der Waals surface area contributed by atoms with E-state index in [4.69, 9.17) is 11.6 Å². The van der Waals surface area contributed by atoms with Crippen LogP contribution in [0.4, 0.5) is 0 Å². The lowest BCUT2D eigenvalue weighted by Gasteiger charge is -2.23. The third-order valence-electron chi connectivity index (χ3n) is 3.85. The Labute approximate surface area is 135 Å². The van der Waals surface area contributed by atoms with E-state index in [1.165, 1.54) is 0 Å². The summed E-state index contributed by atoms with van der Waals surface area (Å²) < 4.78 is 27.1. The molecule has 0 radical (unpaired) electrons. The Hall–Kier alpha value is -1.43. The van der Waals surface area contributed by atoms with Crippen molar-refractivity contribution >= 4 is 21.6 Å². The van der Waals surface area contributed by atoms with E-state index in [1.54, 1.807) is 34.8 Å². The van der Waals surface area contributed by atoms with Gasteiger partial charge in [0, 0.05) is 17.8 Å². The van der Waals surface area contributed by atoms with Crippen LogP contribution in [-0.2, 0) is 15.8 Å². The van der Waals surface area contributed by atoms with Crippen molar-refractivity contribution in [2.75, 3.05) is 6.54 Å². The normalized spacial score (nSPS) is 19.4. The van der Waals surface area contributed by atoms with Gasteiger partial charge < -0.3 is 0 Å². The van der Waals surface area contributed by atoms with Gasteiger partial charge in [-0.3, -0.25) is 4.98 Å². The second-order valence-corrected chi connectivity index (χ2v) is 7.76. The van der Waals surface area contributed by atoms with Gasteiger partial charge in [0.25, 0.3) is 0 Å². The first-order valence-corrected chi connectivity index (χ1v) is 9.20. The minimum atomic E-state index is -3.37. The van der Waals surface area contributed by atoms with Gasteiger partial charge in [0.2, 0.25) is 10.0 Å². The summed E-state index contributed by atoms with van der Waals surface area (Å²) in [6, 6.07) is 12.4. The van der Waals surface area contributed by atoms with E-state index in [1.807, 2.05) is 18.2 Å². The van der Waals surface area contributed by atoms with Gasteiger partial charge in [0.05, 0.1) is 17.5 Å². The van der Waals surface area contributed by atoms with Crippen LogP contribution in [-0.4, -0.2) is 24.3 Å². The lowest BCUT2D eigenvalue weighted by Crippen LogP contribution is -2.32. The molecule has 3 rings (SSSR count). The molecule has 0 amide bonds. The first-order chi connectivity index (χ1) is 10.6. The largest absolute Gasteiger partial charge is 0.260 e. The maximum Gasteiger partial charge on any atom is 0.218 e. The Balaban J connectivity index is 1.83. The predicted octanol–water partition coefficient (Wildman–Crippen LogP) is 3.40. The highest BCUT2D eigenvalue weighted by Gasteiger charge is 2.35. The molecule has 1 atom stereocenters. The predicted molar refractivity (Wildman–Crippen MR) is 87.0 cm³/mol. The van der Waals surface area contributed by atoms with E-state index >= 15 is 0 Å². The van der Waals surface area contributed by atoms with Gasteiger partial charge in [-0.15, -0.1) is 0 Å². The smallest absolute Gasteiger partial charge is 0.218 e. The Morgan fingerprint density at radius 2 is 1.95 bits per heavy atom. The topological polar surface area (TPSA) is 50.3 Å². The third kappa shape index (κ3) is 3.32. The van der Waals surface area contributed by atoms with Gasteiger partial charge in [-0.25, -0.2) is 8.42 Å². The number of aromatic nitrogens is 1. The fourth-order valence-corrected chi connectivity index (χ4v) is 4.73. The standard InChI is InChI=1S/C16H17ClN2O2S/c17-14-8-6-13(7-9-14)12-22(20,21)19-11-3-5-16(19)15-4-1-2-10-18-15/h1-2,4,6-10,16H,3,5,11-12H2. The van der Waals surface area contributed by atoms with Crippen molar-refractivity contribution in [1.29, 1.82) is 0 Å². The van der Waals surface area contributed by atoms with Crippen molar-refractivity contribution in [3.8, 4) is 0 Å². The summed E-state index contributed by atoms with van der Waals surface area (Å²) in [7, 11) is -3.37. The average Bonchev–Trinajstić information content (AvgIpc) is 3.01. The molecule has 1 saturated heterocycles. The van der Waals surface area contributed by atoms with Crippen LogP contribution >= 0.6 is 11.6 Å². The number of rotatable bonds is 4. The molecule has 2 aromatic rings. The summed E-state index contributed by atoms with van der Waals surface area (Å²) in [5.41, 5.74) is 1.57. The van der Waals surface area contributed by atoms with Crippen LogP contribution in [0.3, 0.4) is 0 Å². The zero-order valence-electron chi connectivity index (χ0n) is 12.0. The number of hydrogen-bond donors (Lipinski definition) is 0. The first-order valence-electron chi connectivity index (χ1n) is 7.21. The molecule has 0 aliphatic carbocycles. The molecule has 1 aliphatic rings. The third-order valence-corrected chi connectivity index (χ3v) is 5.95. The van der Waals surface area contributed by atoms with Crippen LogP contribution in [0.25, 0.3) is 0 Å². The van der Waals surface area contributed by atoms with Crippen LogP contribution in [0.5, 0.6) is 0 Å². The Morgan fingerprint density at radius 3 is 2.64 bits per heavy atom. The van der Waals surface area contributed by atoms with Crippen molar-refractivity contribution in [3.05, 3.63) is 64.9 Å². The summed E-state index contributed by atoms with van der Waals surface area (Å²) in [5.74, 6) is -0.00645. The van der Waals surface area contributed by atoms with Crippen LogP contribution in [0, 0.1) is 0 Å². The molecular formula is C16H17ClN2O2S. The summed E-state index contributed by atoms with van der Waals surface area (Å²) in [4.78, 5) is 4.32. The second-order valence-electron chi connectivity index (χ2n) is 5.41. The van der Waals surface area contributed by atoms with Crippen molar-refractivity contribution in [2.24, 2.45) is 0 Å². The van der Waals surface area contributed by atoms with Gasteiger partial charge >= 0.3 is 0 Å². The molecule has 1 aromatic heterocycles. The highest BCUT2D eigenvalue weighted by molar-refractivity contribution is 7.88. The number of sulfonamides is 1. The monoisotopic (exact) mass is 336 g/mol. The Morgan fingerprint density at radius 1 is 1.18 bits per heavy atom. The second kappa shape index (κ2) is 6.36. The number of pyridine rings is 1. The van der Waals surface area contributed by atoms with Gasteiger partial charge in [-0.05, 0) is 42.7 Å². The summed E-state index contributed by atoms with van der Waals surface area (Å²) in [5, 5.41) is 0.605. The average molecular weight is 337 g/mol. The number of nitrogens with zero attached hydrogens (tertiary/aromatic N) is 2. The highest BCUT2D eigenvalue weighted by Crippen LogP contribution is 2.34. The molecule has 6 heteroatoms. The van der Waals surface area contributed by atoms with Crippen molar-refractivity contribution < 1.29 is 8.42 Å². The van der Waals surface area contributed by atoms with E-state index in [0.717, 1.165) is 24.1 Å². The van der Waals surface area contributed by atoms with Crippen LogP contribution < -0.4 is 0 Å².